The van der Waals surface area contributed by atoms with Gasteiger partial charge in [-0.3, -0.25) is 0 Å². The molecule has 0 fully saturated rings. The van der Waals surface area contributed by atoms with Gasteiger partial charge in [-0.15, -0.1) is 0 Å². The lowest BCUT2D eigenvalue weighted by molar-refractivity contribution is 0.130. The normalized spacial score (nSPS) is 12.5. The first-order chi connectivity index (χ1) is 6.15. The van der Waals surface area contributed by atoms with Crippen molar-refractivity contribution in [3.63, 3.8) is 0 Å². The standard InChI is InChI=1S/C9H6F3N/c1-13-8(9(11)12)6-3-2-4-7(10)5-6/h2-5,8-9H. The van der Waals surface area contributed by atoms with Gasteiger partial charge in [0.05, 0.1) is 0 Å². The van der Waals surface area contributed by atoms with E-state index < -0.39 is 18.3 Å². The molecule has 0 radical (unpaired) electrons. The minimum absolute atomic E-state index is 0.0185. The number of hydrogen-bond acceptors (Lipinski definition) is 0. The van der Waals surface area contributed by atoms with Crippen molar-refractivity contribution >= 4 is 0 Å². The van der Waals surface area contributed by atoms with Crippen LogP contribution < -0.4 is 0 Å². The highest BCUT2D eigenvalue weighted by Crippen LogP contribution is 2.24. The number of halogens is 3. The molecule has 1 aromatic carbocycles. The Hall–Kier alpha value is -1.50. The first-order valence-corrected chi connectivity index (χ1v) is 3.55. The minimum atomic E-state index is -2.78. The Kier molecular flexibility index (Phi) is 2.91. The van der Waals surface area contributed by atoms with Gasteiger partial charge in [0.2, 0.25) is 0 Å². The second-order valence-corrected chi connectivity index (χ2v) is 2.46. The summed E-state index contributed by atoms with van der Waals surface area (Å²) >= 11 is 0. The molecular weight excluding hydrogens is 179 g/mol. The monoisotopic (exact) mass is 185 g/mol. The van der Waals surface area contributed by atoms with E-state index in [0.29, 0.717) is 0 Å². The lowest BCUT2D eigenvalue weighted by Gasteiger charge is -2.03. The smallest absolute Gasteiger partial charge is 0.302 e. The van der Waals surface area contributed by atoms with E-state index >= 15 is 0 Å². The molecule has 1 rings (SSSR count). The van der Waals surface area contributed by atoms with Crippen LogP contribution in [0.4, 0.5) is 13.2 Å². The molecule has 1 unspecified atom stereocenters. The van der Waals surface area contributed by atoms with Crippen molar-refractivity contribution in [2.24, 2.45) is 0 Å². The third kappa shape index (κ3) is 2.22. The molecule has 1 nitrogen and oxygen atoms in total. The molecule has 4 heteroatoms. The molecule has 0 saturated carbocycles. The maximum absolute atomic E-state index is 12.6. The van der Waals surface area contributed by atoms with E-state index in [0.717, 1.165) is 12.1 Å². The molecule has 1 aromatic rings. The summed E-state index contributed by atoms with van der Waals surface area (Å²) in [5.74, 6) is -0.605. The van der Waals surface area contributed by atoms with Gasteiger partial charge >= 0.3 is 12.5 Å². The molecule has 0 spiro atoms. The zero-order valence-corrected chi connectivity index (χ0v) is 6.55. The van der Waals surface area contributed by atoms with Crippen LogP contribution in [0.5, 0.6) is 0 Å². The van der Waals surface area contributed by atoms with Crippen LogP contribution in [-0.2, 0) is 0 Å². The molecule has 13 heavy (non-hydrogen) atoms. The molecule has 68 valence electrons. The molecule has 0 aliphatic carbocycles. The summed E-state index contributed by atoms with van der Waals surface area (Å²) in [7, 11) is 0. The van der Waals surface area contributed by atoms with Crippen molar-refractivity contribution in [3.8, 4) is 0 Å². The fourth-order valence-electron chi connectivity index (χ4n) is 0.967. The lowest BCUT2D eigenvalue weighted by Crippen LogP contribution is -2.04. The van der Waals surface area contributed by atoms with E-state index in [4.69, 9.17) is 6.57 Å². The molecule has 0 aromatic heterocycles. The fraction of sp³-hybridized carbons (Fsp3) is 0.222. The van der Waals surface area contributed by atoms with Crippen LogP contribution in [0.1, 0.15) is 11.6 Å². The van der Waals surface area contributed by atoms with Gasteiger partial charge in [-0.05, 0) is 12.1 Å². The maximum atomic E-state index is 12.6. The Balaban J connectivity index is 3.00. The Morgan fingerprint density at radius 1 is 1.31 bits per heavy atom. The van der Waals surface area contributed by atoms with Crippen molar-refractivity contribution in [2.45, 2.75) is 12.5 Å². The summed E-state index contributed by atoms with van der Waals surface area (Å²) < 4.78 is 36.9. The number of hydrogen-bond donors (Lipinski definition) is 0. The zero-order chi connectivity index (χ0) is 9.84. The first kappa shape index (κ1) is 9.59. The Morgan fingerprint density at radius 3 is 2.46 bits per heavy atom. The summed E-state index contributed by atoms with van der Waals surface area (Å²) in [4.78, 5) is 2.73. The molecule has 0 bridgehead atoms. The predicted molar refractivity (Wildman–Crippen MR) is 41.7 cm³/mol. The molecule has 0 saturated heterocycles. The first-order valence-electron chi connectivity index (χ1n) is 3.55. The van der Waals surface area contributed by atoms with Crippen LogP contribution in [0.15, 0.2) is 24.3 Å². The van der Waals surface area contributed by atoms with Gasteiger partial charge in [0, 0.05) is 5.56 Å². The van der Waals surface area contributed by atoms with Crippen LogP contribution in [-0.4, -0.2) is 6.43 Å². The highest BCUT2D eigenvalue weighted by atomic mass is 19.3. The van der Waals surface area contributed by atoms with E-state index in [1.807, 2.05) is 0 Å². The Bertz CT molecular complexity index is 330. The van der Waals surface area contributed by atoms with E-state index in [2.05, 4.69) is 4.85 Å². The molecule has 1 atom stereocenters. The van der Waals surface area contributed by atoms with Crippen LogP contribution in [0.25, 0.3) is 4.85 Å². The molecule has 0 heterocycles. The third-order valence-corrected chi connectivity index (χ3v) is 1.57. The Labute approximate surface area is 73.6 Å². The summed E-state index contributed by atoms with van der Waals surface area (Å²) in [5.41, 5.74) is 0.0185. The van der Waals surface area contributed by atoms with E-state index in [1.54, 1.807) is 0 Å². The van der Waals surface area contributed by atoms with Gasteiger partial charge < -0.3 is 4.85 Å². The van der Waals surface area contributed by atoms with Crippen molar-refractivity contribution in [1.29, 1.82) is 0 Å². The second-order valence-electron chi connectivity index (χ2n) is 2.46. The SMILES string of the molecule is [C-]#[N+]C(c1cccc(F)c1)C(F)F. The molecule has 0 aliphatic heterocycles. The lowest BCUT2D eigenvalue weighted by atomic mass is 10.1. The minimum Gasteiger partial charge on any atom is -0.302 e. The predicted octanol–water partition coefficient (Wildman–Crippen LogP) is 3.05. The molecule has 0 aliphatic rings. The Morgan fingerprint density at radius 2 is 2.00 bits per heavy atom. The highest BCUT2D eigenvalue weighted by Gasteiger charge is 2.27. The maximum Gasteiger partial charge on any atom is 0.316 e. The van der Waals surface area contributed by atoms with Crippen molar-refractivity contribution in [3.05, 3.63) is 47.1 Å². The van der Waals surface area contributed by atoms with Crippen molar-refractivity contribution in [1.82, 2.24) is 0 Å². The van der Waals surface area contributed by atoms with E-state index in [1.165, 1.54) is 12.1 Å². The van der Waals surface area contributed by atoms with Gasteiger partial charge in [-0.2, -0.15) is 0 Å². The van der Waals surface area contributed by atoms with Gasteiger partial charge in [0.1, 0.15) is 5.82 Å². The van der Waals surface area contributed by atoms with Gasteiger partial charge in [-0.1, -0.05) is 12.1 Å². The largest absolute Gasteiger partial charge is 0.316 e. The average molecular weight is 185 g/mol. The van der Waals surface area contributed by atoms with Crippen molar-refractivity contribution in [2.75, 3.05) is 0 Å². The van der Waals surface area contributed by atoms with Crippen LogP contribution in [0.2, 0.25) is 0 Å². The van der Waals surface area contributed by atoms with Gasteiger partial charge in [0.15, 0.2) is 0 Å². The van der Waals surface area contributed by atoms with Crippen LogP contribution >= 0.6 is 0 Å². The summed E-state index contributed by atoms with van der Waals surface area (Å²) in [6.45, 7) is 6.52. The summed E-state index contributed by atoms with van der Waals surface area (Å²) in [5, 5.41) is 0. The average Bonchev–Trinajstić information content (AvgIpc) is 2.04. The second kappa shape index (κ2) is 3.94. The molecular formula is C9H6F3N. The van der Waals surface area contributed by atoms with Crippen molar-refractivity contribution < 1.29 is 13.2 Å². The molecule has 0 amide bonds. The molecule has 0 N–H and O–H groups in total. The third-order valence-electron chi connectivity index (χ3n) is 1.57. The summed E-state index contributed by atoms with van der Waals surface area (Å²) in [6, 6.07) is 3.17. The fourth-order valence-corrected chi connectivity index (χ4v) is 0.967. The van der Waals surface area contributed by atoms with E-state index in [9.17, 15) is 13.2 Å². The quantitative estimate of drug-likeness (QED) is 0.623. The van der Waals surface area contributed by atoms with Crippen LogP contribution in [0.3, 0.4) is 0 Å². The summed E-state index contributed by atoms with van der Waals surface area (Å²) in [6.07, 6.45) is -2.78. The number of nitrogens with zero attached hydrogens (tertiary/aromatic N) is 1. The van der Waals surface area contributed by atoms with Crippen LogP contribution in [0, 0.1) is 12.4 Å². The van der Waals surface area contributed by atoms with E-state index in [-0.39, 0.29) is 5.56 Å². The number of alkyl halides is 2. The zero-order valence-electron chi connectivity index (χ0n) is 6.55. The number of benzene rings is 1. The van der Waals surface area contributed by atoms with Gasteiger partial charge in [-0.25, -0.2) is 19.7 Å². The van der Waals surface area contributed by atoms with Gasteiger partial charge in [0.25, 0.3) is 0 Å². The highest BCUT2D eigenvalue weighted by molar-refractivity contribution is 5.23. The topological polar surface area (TPSA) is 4.36 Å². The number of rotatable bonds is 2.